The molecule has 2 aliphatic rings. The molecule has 4 N–H and O–H groups in total. The molecule has 1 aliphatic heterocycles. The molecule has 1 saturated carbocycles. The SMILES string of the molecule is NC(=O)C(c1ccccc1)(c1ccccc1)C1CCN(CCCCCNC(=O)CNC2CCC2)C1. The van der Waals surface area contributed by atoms with Crippen molar-refractivity contribution in [3.8, 4) is 0 Å². The first-order valence-electron chi connectivity index (χ1n) is 13.2. The van der Waals surface area contributed by atoms with Crippen LogP contribution < -0.4 is 16.4 Å². The van der Waals surface area contributed by atoms with Crippen LogP contribution in [0.2, 0.25) is 0 Å². The number of hydrogen-bond donors (Lipinski definition) is 3. The lowest BCUT2D eigenvalue weighted by atomic mass is 9.64. The van der Waals surface area contributed by atoms with Crippen LogP contribution in [-0.2, 0) is 15.0 Å². The van der Waals surface area contributed by atoms with Crippen molar-refractivity contribution in [2.45, 2.75) is 56.4 Å². The molecule has 4 rings (SSSR count). The van der Waals surface area contributed by atoms with E-state index >= 15 is 0 Å². The quantitative estimate of drug-likeness (QED) is 0.388. The monoisotopic (exact) mass is 476 g/mol. The molecular weight excluding hydrogens is 436 g/mol. The number of rotatable bonds is 13. The second-order valence-electron chi connectivity index (χ2n) is 10.1. The van der Waals surface area contributed by atoms with Crippen molar-refractivity contribution < 1.29 is 9.59 Å². The van der Waals surface area contributed by atoms with Crippen molar-refractivity contribution in [2.75, 3.05) is 32.7 Å². The molecule has 0 radical (unpaired) electrons. The molecule has 1 heterocycles. The topological polar surface area (TPSA) is 87.5 Å². The molecule has 35 heavy (non-hydrogen) atoms. The third-order valence-electron chi connectivity index (χ3n) is 7.86. The van der Waals surface area contributed by atoms with Crippen molar-refractivity contribution in [1.29, 1.82) is 0 Å². The predicted octanol–water partition coefficient (Wildman–Crippen LogP) is 3.21. The van der Waals surface area contributed by atoms with Gasteiger partial charge in [0.1, 0.15) is 5.41 Å². The normalized spacial score (nSPS) is 18.8. The van der Waals surface area contributed by atoms with Gasteiger partial charge in [0.2, 0.25) is 11.8 Å². The van der Waals surface area contributed by atoms with Gasteiger partial charge in [0.15, 0.2) is 0 Å². The third kappa shape index (κ3) is 6.11. The Morgan fingerprint density at radius 3 is 2.14 bits per heavy atom. The molecule has 6 heteroatoms. The largest absolute Gasteiger partial charge is 0.369 e. The average Bonchev–Trinajstić information content (AvgIpc) is 3.31. The van der Waals surface area contributed by atoms with Gasteiger partial charge in [-0.15, -0.1) is 0 Å². The molecule has 2 aromatic carbocycles. The first kappa shape index (κ1) is 25.4. The van der Waals surface area contributed by atoms with Crippen LogP contribution in [0.4, 0.5) is 0 Å². The summed E-state index contributed by atoms with van der Waals surface area (Å²) in [4.78, 5) is 27.6. The van der Waals surface area contributed by atoms with Crippen molar-refractivity contribution in [3.63, 3.8) is 0 Å². The number of amides is 2. The van der Waals surface area contributed by atoms with Gasteiger partial charge in [-0.1, -0.05) is 73.5 Å². The molecule has 188 valence electrons. The molecule has 6 nitrogen and oxygen atoms in total. The lowest BCUT2D eigenvalue weighted by Gasteiger charge is -2.37. The highest BCUT2D eigenvalue weighted by molar-refractivity contribution is 5.91. The number of unbranched alkanes of at least 4 members (excludes halogenated alkanes) is 2. The summed E-state index contributed by atoms with van der Waals surface area (Å²) in [7, 11) is 0. The highest BCUT2D eigenvalue weighted by Crippen LogP contribution is 2.43. The molecule has 2 aromatic rings. The Morgan fingerprint density at radius 1 is 0.914 bits per heavy atom. The van der Waals surface area contributed by atoms with E-state index in [1.807, 2.05) is 60.7 Å². The van der Waals surface area contributed by atoms with Crippen LogP contribution in [0, 0.1) is 5.92 Å². The van der Waals surface area contributed by atoms with E-state index in [9.17, 15) is 9.59 Å². The molecule has 1 unspecified atom stereocenters. The van der Waals surface area contributed by atoms with Crippen molar-refractivity contribution in [3.05, 3.63) is 71.8 Å². The summed E-state index contributed by atoms with van der Waals surface area (Å²) >= 11 is 0. The third-order valence-corrected chi connectivity index (χ3v) is 7.86. The number of carbonyl (C=O) groups excluding carboxylic acids is 2. The fourth-order valence-corrected chi connectivity index (χ4v) is 5.69. The van der Waals surface area contributed by atoms with Crippen LogP contribution in [0.1, 0.15) is 56.1 Å². The minimum Gasteiger partial charge on any atom is -0.369 e. The van der Waals surface area contributed by atoms with E-state index in [4.69, 9.17) is 5.73 Å². The molecule has 0 bridgehead atoms. The molecule has 1 saturated heterocycles. The molecule has 0 aromatic heterocycles. The molecule has 1 atom stereocenters. The number of hydrogen-bond acceptors (Lipinski definition) is 4. The molecule has 1 aliphatic carbocycles. The maximum absolute atomic E-state index is 13.2. The van der Waals surface area contributed by atoms with Crippen LogP contribution in [0.3, 0.4) is 0 Å². The number of nitrogens with zero attached hydrogens (tertiary/aromatic N) is 1. The Kier molecular flexibility index (Phi) is 8.94. The summed E-state index contributed by atoms with van der Waals surface area (Å²) in [6.45, 7) is 4.01. The van der Waals surface area contributed by atoms with E-state index in [1.54, 1.807) is 0 Å². The average molecular weight is 477 g/mol. The van der Waals surface area contributed by atoms with E-state index in [-0.39, 0.29) is 17.7 Å². The van der Waals surface area contributed by atoms with Gasteiger partial charge in [0.05, 0.1) is 6.54 Å². The number of likely N-dealkylation sites (tertiary alicyclic amines) is 1. The summed E-state index contributed by atoms with van der Waals surface area (Å²) in [6.07, 6.45) is 7.77. The first-order chi connectivity index (χ1) is 17.1. The van der Waals surface area contributed by atoms with Crippen molar-refractivity contribution in [2.24, 2.45) is 11.7 Å². The Hall–Kier alpha value is -2.70. The summed E-state index contributed by atoms with van der Waals surface area (Å²) < 4.78 is 0. The number of nitrogens with one attached hydrogen (secondary N) is 2. The molecule has 2 amide bonds. The van der Waals surface area contributed by atoms with Gasteiger partial charge in [-0.3, -0.25) is 9.59 Å². The number of nitrogens with two attached hydrogens (primary N) is 1. The van der Waals surface area contributed by atoms with Crippen molar-refractivity contribution >= 4 is 11.8 Å². The van der Waals surface area contributed by atoms with Crippen molar-refractivity contribution in [1.82, 2.24) is 15.5 Å². The Morgan fingerprint density at radius 2 is 1.57 bits per heavy atom. The second-order valence-corrected chi connectivity index (χ2v) is 10.1. The van der Waals surface area contributed by atoms with Gasteiger partial charge in [-0.05, 0) is 62.2 Å². The van der Waals surface area contributed by atoms with Crippen LogP contribution in [-0.4, -0.2) is 55.5 Å². The Bertz CT molecular complexity index is 906. The zero-order chi connectivity index (χ0) is 24.5. The summed E-state index contributed by atoms with van der Waals surface area (Å²) in [5, 5.41) is 6.33. The maximum atomic E-state index is 13.2. The van der Waals surface area contributed by atoms with Gasteiger partial charge in [-0.2, -0.15) is 0 Å². The predicted molar refractivity (Wildman–Crippen MR) is 140 cm³/mol. The Labute approximate surface area is 209 Å². The van der Waals surface area contributed by atoms with E-state index < -0.39 is 5.41 Å². The zero-order valence-corrected chi connectivity index (χ0v) is 20.8. The summed E-state index contributed by atoms with van der Waals surface area (Å²) in [6, 6.07) is 20.6. The van der Waals surface area contributed by atoms with E-state index in [0.717, 1.165) is 63.0 Å². The van der Waals surface area contributed by atoms with E-state index in [2.05, 4.69) is 15.5 Å². The summed E-state index contributed by atoms with van der Waals surface area (Å²) in [5.74, 6) is -0.0413. The van der Waals surface area contributed by atoms with E-state index in [1.165, 1.54) is 19.3 Å². The van der Waals surface area contributed by atoms with Crippen LogP contribution >= 0.6 is 0 Å². The van der Waals surface area contributed by atoms with Gasteiger partial charge in [-0.25, -0.2) is 0 Å². The zero-order valence-electron chi connectivity index (χ0n) is 20.8. The fraction of sp³-hybridized carbons (Fsp3) is 0.517. The standard InChI is InChI=1S/C29H40N4O2/c30-28(35)29(23-11-4-1-5-12-23,24-13-6-2-7-14-24)25-17-20-33(22-25)19-9-3-8-18-31-27(34)21-32-26-15-10-16-26/h1-2,4-7,11-14,25-26,32H,3,8-10,15-22H2,(H2,30,35)(H,31,34). The number of primary amides is 1. The van der Waals surface area contributed by atoms with Crippen LogP contribution in [0.15, 0.2) is 60.7 Å². The highest BCUT2D eigenvalue weighted by atomic mass is 16.2. The van der Waals surface area contributed by atoms with Gasteiger partial charge in [0.25, 0.3) is 0 Å². The Balaban J connectivity index is 1.27. The lowest BCUT2D eigenvalue weighted by molar-refractivity contribution is -0.124. The molecule has 0 spiro atoms. The van der Waals surface area contributed by atoms with E-state index in [0.29, 0.717) is 12.6 Å². The molecule has 2 fully saturated rings. The summed E-state index contributed by atoms with van der Waals surface area (Å²) in [5.41, 5.74) is 7.33. The lowest BCUT2D eigenvalue weighted by Crippen LogP contribution is -2.49. The minimum absolute atomic E-state index is 0.101. The van der Waals surface area contributed by atoms with Crippen LogP contribution in [0.5, 0.6) is 0 Å². The van der Waals surface area contributed by atoms with Gasteiger partial charge < -0.3 is 21.3 Å². The fourth-order valence-electron chi connectivity index (χ4n) is 5.69. The number of benzene rings is 2. The second kappa shape index (κ2) is 12.3. The maximum Gasteiger partial charge on any atom is 0.233 e. The van der Waals surface area contributed by atoms with Gasteiger partial charge in [0, 0.05) is 19.1 Å². The molecular formula is C29H40N4O2. The number of carbonyl (C=O) groups is 2. The smallest absolute Gasteiger partial charge is 0.233 e. The minimum atomic E-state index is -0.824. The van der Waals surface area contributed by atoms with Gasteiger partial charge >= 0.3 is 0 Å². The highest BCUT2D eigenvalue weighted by Gasteiger charge is 2.49. The first-order valence-corrected chi connectivity index (χ1v) is 13.2. The van der Waals surface area contributed by atoms with Crippen LogP contribution in [0.25, 0.3) is 0 Å².